The van der Waals surface area contributed by atoms with Gasteiger partial charge >= 0.3 is 0 Å². The molecule has 1 heterocycles. The number of carbonyl (C=O) groups excluding carboxylic acids is 1. The molecule has 0 radical (unpaired) electrons. The third kappa shape index (κ3) is 11.5. The molecule has 3 heteroatoms. The fourth-order valence-electron chi connectivity index (χ4n) is 3.66. The Kier molecular flexibility index (Phi) is 12.1. The Balaban J connectivity index is 2.22. The molecule has 1 rings (SSSR count). The average Bonchev–Trinajstić information content (AvgIpc) is 2.61. The maximum atomic E-state index is 12.4. The second kappa shape index (κ2) is 13.8. The summed E-state index contributed by atoms with van der Waals surface area (Å²) in [5, 5.41) is 9.73. The van der Waals surface area contributed by atoms with E-state index in [0.717, 1.165) is 57.9 Å². The second-order valence-corrected chi connectivity index (χ2v) is 8.98. The lowest BCUT2D eigenvalue weighted by molar-refractivity contribution is -0.135. The Bertz CT molecular complexity index is 555. The molecular weight excluding hydrogens is 346 g/mol. The van der Waals surface area contributed by atoms with E-state index in [0.29, 0.717) is 18.9 Å². The van der Waals surface area contributed by atoms with Crippen LogP contribution in [-0.2, 0) is 4.79 Å². The number of likely N-dealkylation sites (tertiary alicyclic amines) is 1. The van der Waals surface area contributed by atoms with Gasteiger partial charge in [0.05, 0.1) is 6.10 Å². The fourth-order valence-corrected chi connectivity index (χ4v) is 3.66. The van der Waals surface area contributed by atoms with Crippen molar-refractivity contribution in [1.82, 2.24) is 4.90 Å². The first-order valence-electron chi connectivity index (χ1n) is 11.2. The maximum absolute atomic E-state index is 12.4. The van der Waals surface area contributed by atoms with E-state index in [1.807, 2.05) is 4.90 Å². The van der Waals surface area contributed by atoms with Gasteiger partial charge in [-0.1, -0.05) is 41.9 Å². The molecule has 160 valence electrons. The number of carbonyl (C=O) groups is 1. The van der Waals surface area contributed by atoms with Crippen LogP contribution in [0, 0.1) is 5.92 Å². The minimum absolute atomic E-state index is 0.209. The number of hydrogen-bond donors (Lipinski definition) is 1. The molecular formula is C25H43NO2. The smallest absolute Gasteiger partial charge is 0.222 e. The quantitative estimate of drug-likeness (QED) is 0.428. The van der Waals surface area contributed by atoms with Crippen molar-refractivity contribution in [3.63, 3.8) is 0 Å². The molecule has 0 saturated carbocycles. The Labute approximate surface area is 173 Å². The summed E-state index contributed by atoms with van der Waals surface area (Å²) in [7, 11) is 0. The molecule has 1 aliphatic heterocycles. The van der Waals surface area contributed by atoms with Crippen LogP contribution in [0.5, 0.6) is 0 Å². The molecule has 28 heavy (non-hydrogen) atoms. The molecule has 1 amide bonds. The summed E-state index contributed by atoms with van der Waals surface area (Å²) in [6.45, 7) is 12.3. The zero-order valence-corrected chi connectivity index (χ0v) is 19.0. The van der Waals surface area contributed by atoms with E-state index in [-0.39, 0.29) is 12.0 Å². The third-order valence-corrected chi connectivity index (χ3v) is 5.55. The lowest BCUT2D eigenvalue weighted by Gasteiger charge is -2.31. The molecule has 3 nitrogen and oxygen atoms in total. The number of aliphatic hydroxyl groups is 1. The van der Waals surface area contributed by atoms with E-state index < -0.39 is 0 Å². The predicted molar refractivity (Wildman–Crippen MR) is 120 cm³/mol. The molecule has 1 fully saturated rings. The monoisotopic (exact) mass is 389 g/mol. The van der Waals surface area contributed by atoms with Crippen LogP contribution in [0.4, 0.5) is 0 Å². The van der Waals surface area contributed by atoms with Crippen molar-refractivity contribution in [2.75, 3.05) is 13.1 Å². The van der Waals surface area contributed by atoms with Gasteiger partial charge < -0.3 is 10.0 Å². The molecule has 1 saturated heterocycles. The van der Waals surface area contributed by atoms with Gasteiger partial charge in [-0.15, -0.1) is 0 Å². The number of aliphatic hydroxyl groups excluding tert-OH is 1. The van der Waals surface area contributed by atoms with Gasteiger partial charge in [0, 0.05) is 19.5 Å². The lowest BCUT2D eigenvalue weighted by Crippen LogP contribution is -2.42. The Morgan fingerprint density at radius 1 is 1.04 bits per heavy atom. The number of rotatable bonds is 11. The van der Waals surface area contributed by atoms with Crippen molar-refractivity contribution in [1.29, 1.82) is 0 Å². The van der Waals surface area contributed by atoms with Crippen LogP contribution in [-0.4, -0.2) is 35.1 Å². The van der Waals surface area contributed by atoms with Crippen molar-refractivity contribution in [3.8, 4) is 0 Å². The molecule has 0 bridgehead atoms. The van der Waals surface area contributed by atoms with Gasteiger partial charge in [0.2, 0.25) is 5.91 Å². The highest BCUT2D eigenvalue weighted by Gasteiger charge is 2.22. The van der Waals surface area contributed by atoms with Crippen molar-refractivity contribution < 1.29 is 9.90 Å². The molecule has 1 aliphatic rings. The number of piperidine rings is 1. The van der Waals surface area contributed by atoms with E-state index in [4.69, 9.17) is 0 Å². The van der Waals surface area contributed by atoms with Gasteiger partial charge in [-0.2, -0.15) is 0 Å². The molecule has 2 atom stereocenters. The largest absolute Gasteiger partial charge is 0.391 e. The second-order valence-electron chi connectivity index (χ2n) is 8.98. The lowest BCUT2D eigenvalue weighted by atomic mass is 9.98. The summed E-state index contributed by atoms with van der Waals surface area (Å²) in [6.07, 6.45) is 15.7. The maximum Gasteiger partial charge on any atom is 0.222 e. The minimum atomic E-state index is -0.330. The fraction of sp³-hybridized carbons (Fsp3) is 0.720. The van der Waals surface area contributed by atoms with Gasteiger partial charge in [0.1, 0.15) is 0 Å². The van der Waals surface area contributed by atoms with E-state index in [9.17, 15) is 9.90 Å². The Morgan fingerprint density at radius 2 is 1.64 bits per heavy atom. The highest BCUT2D eigenvalue weighted by molar-refractivity contribution is 5.76. The van der Waals surface area contributed by atoms with Gasteiger partial charge in [0.15, 0.2) is 0 Å². The first kappa shape index (κ1) is 24.7. The van der Waals surface area contributed by atoms with Crippen molar-refractivity contribution >= 4 is 5.91 Å². The normalized spacial score (nSPS) is 19.5. The predicted octanol–water partition coefficient (Wildman–Crippen LogP) is 6.20. The van der Waals surface area contributed by atoms with Crippen LogP contribution in [0.1, 0.15) is 92.4 Å². The number of amides is 1. The Hall–Kier alpha value is -1.35. The average molecular weight is 390 g/mol. The van der Waals surface area contributed by atoms with Gasteiger partial charge in [-0.05, 0) is 85.0 Å². The van der Waals surface area contributed by atoms with E-state index in [1.54, 1.807) is 0 Å². The topological polar surface area (TPSA) is 40.5 Å². The molecule has 0 aromatic carbocycles. The SMILES string of the molecule is CC(C)=CCC/C(C)=C/CC/C(C)=C/CCC(C)CC(=O)N1CCCC(O)C1. The van der Waals surface area contributed by atoms with E-state index >= 15 is 0 Å². The van der Waals surface area contributed by atoms with Crippen molar-refractivity contribution in [2.24, 2.45) is 5.92 Å². The summed E-state index contributed by atoms with van der Waals surface area (Å²) in [5.41, 5.74) is 4.34. The molecule has 0 aromatic heterocycles. The summed E-state index contributed by atoms with van der Waals surface area (Å²) in [6, 6.07) is 0. The van der Waals surface area contributed by atoms with E-state index in [1.165, 1.54) is 16.7 Å². The molecule has 0 spiro atoms. The highest BCUT2D eigenvalue weighted by Crippen LogP contribution is 2.18. The van der Waals surface area contributed by atoms with Crippen LogP contribution in [0.25, 0.3) is 0 Å². The van der Waals surface area contributed by atoms with Crippen LogP contribution >= 0.6 is 0 Å². The zero-order valence-electron chi connectivity index (χ0n) is 19.0. The number of allylic oxidation sites excluding steroid dienone is 6. The number of hydrogen-bond acceptors (Lipinski definition) is 2. The molecule has 1 N–H and O–H groups in total. The van der Waals surface area contributed by atoms with Crippen LogP contribution in [0.2, 0.25) is 0 Å². The van der Waals surface area contributed by atoms with Crippen LogP contribution in [0.15, 0.2) is 34.9 Å². The first-order chi connectivity index (χ1) is 13.3. The van der Waals surface area contributed by atoms with Gasteiger partial charge in [-0.3, -0.25) is 4.79 Å². The zero-order chi connectivity index (χ0) is 20.9. The third-order valence-electron chi connectivity index (χ3n) is 5.55. The van der Waals surface area contributed by atoms with Crippen molar-refractivity contribution in [2.45, 2.75) is 98.5 Å². The Morgan fingerprint density at radius 3 is 2.25 bits per heavy atom. The first-order valence-corrected chi connectivity index (χ1v) is 11.2. The summed E-state index contributed by atoms with van der Waals surface area (Å²) in [4.78, 5) is 14.2. The molecule has 0 aromatic rings. The van der Waals surface area contributed by atoms with Gasteiger partial charge in [-0.25, -0.2) is 0 Å². The van der Waals surface area contributed by atoms with Crippen LogP contribution in [0.3, 0.4) is 0 Å². The summed E-state index contributed by atoms with van der Waals surface area (Å²) >= 11 is 0. The van der Waals surface area contributed by atoms with Crippen molar-refractivity contribution in [3.05, 3.63) is 34.9 Å². The van der Waals surface area contributed by atoms with E-state index in [2.05, 4.69) is 52.8 Å². The number of nitrogens with zero attached hydrogens (tertiary/aromatic N) is 1. The molecule has 2 unspecified atom stereocenters. The van der Waals surface area contributed by atoms with Gasteiger partial charge in [0.25, 0.3) is 0 Å². The minimum Gasteiger partial charge on any atom is -0.391 e. The summed E-state index contributed by atoms with van der Waals surface area (Å²) in [5.74, 6) is 0.605. The number of β-amino-alcohol motifs (C(OH)–C–C–N with tert-alkyl or cyclic N) is 1. The summed E-state index contributed by atoms with van der Waals surface area (Å²) < 4.78 is 0. The molecule has 0 aliphatic carbocycles. The standard InChI is InChI=1S/C25H43NO2/c1-20(2)10-6-11-21(3)12-7-13-22(4)14-8-15-23(5)18-25(28)26-17-9-16-24(27)19-26/h10,12,14,23-24,27H,6-9,11,13,15-19H2,1-5H3/b21-12+,22-14+. The van der Waals surface area contributed by atoms with Crippen LogP contribution < -0.4 is 0 Å². The highest BCUT2D eigenvalue weighted by atomic mass is 16.3.